The number of anilines is 2. The van der Waals surface area contributed by atoms with E-state index in [2.05, 4.69) is 17.9 Å². The van der Waals surface area contributed by atoms with Gasteiger partial charge in [0, 0.05) is 18.3 Å². The van der Waals surface area contributed by atoms with E-state index in [0.29, 0.717) is 17.3 Å². The minimum absolute atomic E-state index is 0.636. The minimum Gasteiger partial charge on any atom is -0.399 e. The summed E-state index contributed by atoms with van der Waals surface area (Å²) in [6.45, 7) is 3.24. The van der Waals surface area contributed by atoms with Crippen LogP contribution in [0.5, 0.6) is 0 Å². The molecule has 1 saturated carbocycles. The lowest BCUT2D eigenvalue weighted by molar-refractivity contribution is 0.712. The molecule has 17 heavy (non-hydrogen) atoms. The van der Waals surface area contributed by atoms with Gasteiger partial charge in [0.15, 0.2) is 0 Å². The quantitative estimate of drug-likeness (QED) is 0.790. The Hall–Kier alpha value is -1.69. The second kappa shape index (κ2) is 5.09. The molecule has 90 valence electrons. The van der Waals surface area contributed by atoms with Crippen molar-refractivity contribution in [2.75, 3.05) is 17.2 Å². The summed E-state index contributed by atoms with van der Waals surface area (Å²) in [5.74, 6) is 0. The molecule has 0 spiro atoms. The Morgan fingerprint density at radius 1 is 1.47 bits per heavy atom. The van der Waals surface area contributed by atoms with Gasteiger partial charge in [-0.1, -0.05) is 13.3 Å². The third-order valence-electron chi connectivity index (χ3n) is 3.19. The maximum Gasteiger partial charge on any atom is 0.101 e. The van der Waals surface area contributed by atoms with Gasteiger partial charge in [0.1, 0.15) is 6.07 Å². The summed E-state index contributed by atoms with van der Waals surface area (Å²) >= 11 is 0. The molecule has 0 bridgehead atoms. The zero-order valence-corrected chi connectivity index (χ0v) is 10.3. The van der Waals surface area contributed by atoms with Crippen molar-refractivity contribution < 1.29 is 0 Å². The number of nitrogens with two attached hydrogens (primary N) is 1. The van der Waals surface area contributed by atoms with Gasteiger partial charge in [-0.25, -0.2) is 0 Å². The average molecular weight is 229 g/mol. The van der Waals surface area contributed by atoms with Crippen LogP contribution in [-0.4, -0.2) is 12.6 Å². The molecule has 0 saturated heterocycles. The number of benzene rings is 1. The molecule has 0 unspecified atom stereocenters. The Balaban J connectivity index is 2.25. The van der Waals surface area contributed by atoms with Gasteiger partial charge in [-0.2, -0.15) is 5.26 Å². The molecule has 0 aliphatic heterocycles. The van der Waals surface area contributed by atoms with Crippen LogP contribution >= 0.6 is 0 Å². The van der Waals surface area contributed by atoms with E-state index in [9.17, 15) is 5.26 Å². The van der Waals surface area contributed by atoms with Gasteiger partial charge in [-0.3, -0.25) is 0 Å². The van der Waals surface area contributed by atoms with E-state index in [0.717, 1.165) is 12.2 Å². The predicted octanol–water partition coefficient (Wildman–Crippen LogP) is 2.91. The molecular weight excluding hydrogens is 210 g/mol. The van der Waals surface area contributed by atoms with Gasteiger partial charge >= 0.3 is 0 Å². The van der Waals surface area contributed by atoms with Crippen molar-refractivity contribution >= 4 is 11.4 Å². The third-order valence-corrected chi connectivity index (χ3v) is 3.19. The molecule has 1 aliphatic carbocycles. The summed E-state index contributed by atoms with van der Waals surface area (Å²) in [6, 6.07) is 8.54. The van der Waals surface area contributed by atoms with Gasteiger partial charge in [0.25, 0.3) is 0 Å². The standard InChI is InChI=1S/C14H19N3/c1-2-3-8-17(13-5-6-13)14-7-4-12(16)9-11(14)10-15/h4,7,9,13H,2-3,5-6,8,16H2,1H3. The van der Waals surface area contributed by atoms with Crippen LogP contribution in [0.1, 0.15) is 38.2 Å². The van der Waals surface area contributed by atoms with E-state index in [1.807, 2.05) is 12.1 Å². The number of hydrogen-bond donors (Lipinski definition) is 1. The Bertz CT molecular complexity index is 430. The maximum atomic E-state index is 9.19. The van der Waals surface area contributed by atoms with Crippen LogP contribution in [0.3, 0.4) is 0 Å². The number of unbranched alkanes of at least 4 members (excludes halogenated alkanes) is 1. The smallest absolute Gasteiger partial charge is 0.101 e. The largest absolute Gasteiger partial charge is 0.399 e. The summed E-state index contributed by atoms with van der Waals surface area (Å²) in [6.07, 6.45) is 4.85. The molecule has 1 aromatic carbocycles. The fourth-order valence-corrected chi connectivity index (χ4v) is 2.11. The van der Waals surface area contributed by atoms with Crippen molar-refractivity contribution in [3.8, 4) is 6.07 Å². The molecule has 2 rings (SSSR count). The molecule has 0 radical (unpaired) electrons. The Morgan fingerprint density at radius 2 is 2.24 bits per heavy atom. The first-order chi connectivity index (χ1) is 8.26. The summed E-state index contributed by atoms with van der Waals surface area (Å²) in [4.78, 5) is 2.38. The van der Waals surface area contributed by atoms with Gasteiger partial charge in [0.05, 0.1) is 11.3 Å². The van der Waals surface area contributed by atoms with Crippen LogP contribution in [0.15, 0.2) is 18.2 Å². The van der Waals surface area contributed by atoms with Crippen molar-refractivity contribution in [3.63, 3.8) is 0 Å². The summed E-state index contributed by atoms with van der Waals surface area (Å²) < 4.78 is 0. The lowest BCUT2D eigenvalue weighted by Gasteiger charge is -2.25. The second-order valence-corrected chi connectivity index (χ2v) is 4.67. The van der Waals surface area contributed by atoms with Crippen molar-refractivity contribution in [2.24, 2.45) is 0 Å². The van der Waals surface area contributed by atoms with Crippen molar-refractivity contribution in [3.05, 3.63) is 23.8 Å². The van der Waals surface area contributed by atoms with E-state index in [1.165, 1.54) is 25.7 Å². The molecule has 1 aliphatic rings. The van der Waals surface area contributed by atoms with E-state index >= 15 is 0 Å². The van der Waals surface area contributed by atoms with E-state index in [1.54, 1.807) is 6.07 Å². The zero-order valence-electron chi connectivity index (χ0n) is 10.3. The fraction of sp³-hybridized carbons (Fsp3) is 0.500. The Morgan fingerprint density at radius 3 is 2.82 bits per heavy atom. The first kappa shape index (κ1) is 11.8. The summed E-state index contributed by atoms with van der Waals surface area (Å²) in [5, 5.41) is 9.19. The number of nitrogen functional groups attached to an aromatic ring is 1. The van der Waals surface area contributed by atoms with Crippen LogP contribution in [0.4, 0.5) is 11.4 Å². The topological polar surface area (TPSA) is 53.0 Å². The monoisotopic (exact) mass is 229 g/mol. The van der Waals surface area contributed by atoms with Gasteiger partial charge in [-0.15, -0.1) is 0 Å². The third kappa shape index (κ3) is 2.71. The molecule has 1 fully saturated rings. The molecule has 3 heteroatoms. The highest BCUT2D eigenvalue weighted by molar-refractivity contribution is 5.65. The van der Waals surface area contributed by atoms with Crippen molar-refractivity contribution in [2.45, 2.75) is 38.6 Å². The fourth-order valence-electron chi connectivity index (χ4n) is 2.11. The number of nitriles is 1. The van der Waals surface area contributed by atoms with Gasteiger partial charge in [-0.05, 0) is 37.5 Å². The molecule has 0 aromatic heterocycles. The molecule has 3 nitrogen and oxygen atoms in total. The van der Waals surface area contributed by atoms with Crippen LogP contribution in [-0.2, 0) is 0 Å². The lowest BCUT2D eigenvalue weighted by Crippen LogP contribution is -2.27. The average Bonchev–Trinajstić information content (AvgIpc) is 3.15. The van der Waals surface area contributed by atoms with E-state index < -0.39 is 0 Å². The van der Waals surface area contributed by atoms with E-state index in [-0.39, 0.29) is 0 Å². The number of hydrogen-bond acceptors (Lipinski definition) is 3. The minimum atomic E-state index is 0.636. The first-order valence-electron chi connectivity index (χ1n) is 6.32. The molecular formula is C14H19N3. The van der Waals surface area contributed by atoms with Gasteiger partial charge < -0.3 is 10.6 Å². The highest BCUT2D eigenvalue weighted by Gasteiger charge is 2.29. The Labute approximate surface area is 103 Å². The predicted molar refractivity (Wildman–Crippen MR) is 70.8 cm³/mol. The molecule has 0 heterocycles. The molecule has 0 atom stereocenters. The highest BCUT2D eigenvalue weighted by atomic mass is 15.2. The van der Waals surface area contributed by atoms with E-state index in [4.69, 9.17) is 5.73 Å². The van der Waals surface area contributed by atoms with Crippen molar-refractivity contribution in [1.29, 1.82) is 5.26 Å². The molecule has 2 N–H and O–H groups in total. The lowest BCUT2D eigenvalue weighted by atomic mass is 10.1. The number of rotatable bonds is 5. The van der Waals surface area contributed by atoms with Crippen molar-refractivity contribution in [1.82, 2.24) is 0 Å². The first-order valence-corrected chi connectivity index (χ1v) is 6.32. The Kier molecular flexibility index (Phi) is 3.53. The number of nitrogens with zero attached hydrogens (tertiary/aromatic N) is 2. The van der Waals surface area contributed by atoms with Crippen LogP contribution in [0.2, 0.25) is 0 Å². The summed E-state index contributed by atoms with van der Waals surface area (Å²) in [5.41, 5.74) is 8.14. The maximum absolute atomic E-state index is 9.19. The normalized spacial score (nSPS) is 14.4. The van der Waals surface area contributed by atoms with Gasteiger partial charge in [0.2, 0.25) is 0 Å². The zero-order chi connectivity index (χ0) is 12.3. The molecule has 1 aromatic rings. The SMILES string of the molecule is CCCCN(c1ccc(N)cc1C#N)C1CC1. The highest BCUT2D eigenvalue weighted by Crippen LogP contribution is 2.34. The summed E-state index contributed by atoms with van der Waals surface area (Å²) in [7, 11) is 0. The van der Waals surface area contributed by atoms with Crippen LogP contribution in [0.25, 0.3) is 0 Å². The molecule has 0 amide bonds. The van der Waals surface area contributed by atoms with Crippen LogP contribution < -0.4 is 10.6 Å². The second-order valence-electron chi connectivity index (χ2n) is 4.67. The van der Waals surface area contributed by atoms with Crippen LogP contribution in [0, 0.1) is 11.3 Å².